The maximum atomic E-state index is 12.3. The van der Waals surface area contributed by atoms with Crippen LogP contribution in [0.2, 0.25) is 0 Å². The number of esters is 1. The monoisotopic (exact) mass is 494 g/mol. The molecule has 0 bridgehead atoms. The lowest BCUT2D eigenvalue weighted by molar-refractivity contribution is 0.0507. The molecule has 1 fully saturated rings. The zero-order valence-corrected chi connectivity index (χ0v) is 21.3. The van der Waals surface area contributed by atoms with Crippen molar-refractivity contribution >= 4 is 23.5 Å². The largest absolute Gasteiger partial charge is 0.461 e. The van der Waals surface area contributed by atoms with Crippen molar-refractivity contribution in [3.8, 4) is 11.3 Å². The first-order valence-corrected chi connectivity index (χ1v) is 12.4. The summed E-state index contributed by atoms with van der Waals surface area (Å²) in [7, 11) is 0. The van der Waals surface area contributed by atoms with Gasteiger partial charge in [0.2, 0.25) is 0 Å². The molecule has 0 atom stereocenters. The fourth-order valence-corrected chi connectivity index (χ4v) is 4.31. The van der Waals surface area contributed by atoms with Crippen LogP contribution in [0.15, 0.2) is 36.9 Å². The number of hydrogen-bond donors (Lipinski definition) is 2. The molecule has 4 rings (SSSR count). The second kappa shape index (κ2) is 10.9. The van der Waals surface area contributed by atoms with Crippen molar-refractivity contribution in [1.29, 1.82) is 0 Å². The number of carbonyl (C=O) groups is 2. The Morgan fingerprint density at radius 1 is 1.08 bits per heavy atom. The molecule has 0 unspecified atom stereocenters. The first-order valence-electron chi connectivity index (χ1n) is 12.4. The smallest absolute Gasteiger partial charge is 0.407 e. The zero-order chi connectivity index (χ0) is 25.7. The molecule has 1 saturated carbocycles. The van der Waals surface area contributed by atoms with Gasteiger partial charge in [0.15, 0.2) is 17.2 Å². The maximum absolute atomic E-state index is 12.3. The fraction of sp³-hybridized carbons (Fsp3) is 0.500. The average molecular weight is 495 g/mol. The molecule has 10 nitrogen and oxygen atoms in total. The lowest BCUT2D eigenvalue weighted by Crippen LogP contribution is -2.37. The van der Waals surface area contributed by atoms with Gasteiger partial charge in [-0.05, 0) is 71.4 Å². The molecule has 192 valence electrons. The van der Waals surface area contributed by atoms with Crippen molar-refractivity contribution in [1.82, 2.24) is 24.7 Å². The molecule has 0 saturated heterocycles. The van der Waals surface area contributed by atoms with Gasteiger partial charge in [0.1, 0.15) is 5.60 Å². The van der Waals surface area contributed by atoms with Crippen LogP contribution < -0.4 is 10.6 Å². The number of alkyl carbamates (subject to hydrolysis) is 1. The van der Waals surface area contributed by atoms with E-state index in [1.807, 2.05) is 43.5 Å². The van der Waals surface area contributed by atoms with Crippen LogP contribution in [-0.4, -0.2) is 56.2 Å². The molecule has 36 heavy (non-hydrogen) atoms. The predicted octanol–water partition coefficient (Wildman–Crippen LogP) is 4.46. The second-order valence-electron chi connectivity index (χ2n) is 10.0. The lowest BCUT2D eigenvalue weighted by Gasteiger charge is -2.30. The van der Waals surface area contributed by atoms with E-state index in [4.69, 9.17) is 14.5 Å². The minimum absolute atomic E-state index is 0.203. The summed E-state index contributed by atoms with van der Waals surface area (Å²) in [6, 6.07) is 3.99. The Kier molecular flexibility index (Phi) is 7.71. The Bertz CT molecular complexity index is 1200. The Morgan fingerprint density at radius 2 is 1.81 bits per heavy atom. The molecule has 1 amide bonds. The molecule has 3 heterocycles. The summed E-state index contributed by atoms with van der Waals surface area (Å²) in [6.45, 7) is 8.22. The van der Waals surface area contributed by atoms with Gasteiger partial charge < -0.3 is 24.5 Å². The van der Waals surface area contributed by atoms with Gasteiger partial charge in [-0.1, -0.05) is 0 Å². The van der Waals surface area contributed by atoms with Crippen molar-refractivity contribution in [2.24, 2.45) is 5.92 Å². The minimum atomic E-state index is -0.505. The quantitative estimate of drug-likeness (QED) is 0.462. The Hall–Kier alpha value is -3.69. The highest BCUT2D eigenvalue weighted by atomic mass is 16.6. The van der Waals surface area contributed by atoms with E-state index >= 15 is 0 Å². The van der Waals surface area contributed by atoms with Gasteiger partial charge in [-0.15, -0.1) is 0 Å². The summed E-state index contributed by atoms with van der Waals surface area (Å²) in [5.41, 5.74) is 1.97. The van der Waals surface area contributed by atoms with E-state index in [1.165, 1.54) is 0 Å². The number of amides is 1. The molecule has 3 aromatic rings. The lowest BCUT2D eigenvalue weighted by atomic mass is 9.86. The summed E-state index contributed by atoms with van der Waals surface area (Å²) in [4.78, 5) is 37.7. The molecular weight excluding hydrogens is 460 g/mol. The molecule has 0 radical (unpaired) electrons. The van der Waals surface area contributed by atoms with Crippen LogP contribution >= 0.6 is 0 Å². The Labute approximate surface area is 210 Å². The van der Waals surface area contributed by atoms with Crippen LogP contribution in [0, 0.1) is 5.92 Å². The van der Waals surface area contributed by atoms with E-state index in [9.17, 15) is 9.59 Å². The summed E-state index contributed by atoms with van der Waals surface area (Å²) >= 11 is 0. The summed E-state index contributed by atoms with van der Waals surface area (Å²) in [5.74, 6) is 0.555. The fourth-order valence-electron chi connectivity index (χ4n) is 4.31. The molecule has 1 aliphatic rings. The number of aromatic nitrogens is 4. The molecule has 2 N–H and O–H groups in total. The van der Waals surface area contributed by atoms with Crippen LogP contribution in [0.25, 0.3) is 16.9 Å². The summed E-state index contributed by atoms with van der Waals surface area (Å²) in [5, 5.41) is 6.45. The first-order chi connectivity index (χ1) is 17.2. The van der Waals surface area contributed by atoms with E-state index in [1.54, 1.807) is 25.5 Å². The zero-order valence-electron chi connectivity index (χ0n) is 21.3. The van der Waals surface area contributed by atoms with Crippen LogP contribution in [0.4, 0.5) is 10.6 Å². The summed E-state index contributed by atoms with van der Waals surface area (Å²) < 4.78 is 12.3. The SMILES string of the molecule is CCOC(=O)c1cn2cc(-c3ccncc3)nc(N[C@H]3CC[C@H](CNC(=O)OC(C)(C)C)CC3)c2n1. The van der Waals surface area contributed by atoms with Crippen molar-refractivity contribution in [2.75, 3.05) is 18.5 Å². The Morgan fingerprint density at radius 3 is 2.47 bits per heavy atom. The van der Waals surface area contributed by atoms with Gasteiger partial charge in [-0.3, -0.25) is 4.98 Å². The van der Waals surface area contributed by atoms with Crippen molar-refractivity contribution < 1.29 is 19.1 Å². The number of hydrogen-bond acceptors (Lipinski definition) is 8. The predicted molar refractivity (Wildman–Crippen MR) is 136 cm³/mol. The van der Waals surface area contributed by atoms with E-state index < -0.39 is 11.6 Å². The van der Waals surface area contributed by atoms with Crippen molar-refractivity contribution in [3.05, 3.63) is 42.6 Å². The van der Waals surface area contributed by atoms with Crippen LogP contribution in [0.3, 0.4) is 0 Å². The molecule has 1 aliphatic carbocycles. The third-order valence-electron chi connectivity index (χ3n) is 6.02. The van der Waals surface area contributed by atoms with Gasteiger partial charge in [0.05, 0.1) is 12.3 Å². The maximum Gasteiger partial charge on any atom is 0.407 e. The first kappa shape index (κ1) is 25.4. The number of anilines is 1. The van der Waals surface area contributed by atoms with Gasteiger partial charge in [0, 0.05) is 42.9 Å². The number of ether oxygens (including phenoxy) is 2. The highest BCUT2D eigenvalue weighted by Gasteiger charge is 2.25. The number of nitrogens with zero attached hydrogens (tertiary/aromatic N) is 4. The van der Waals surface area contributed by atoms with Crippen molar-refractivity contribution in [3.63, 3.8) is 0 Å². The highest BCUT2D eigenvalue weighted by Crippen LogP contribution is 2.29. The molecule has 10 heteroatoms. The van der Waals surface area contributed by atoms with E-state index in [0.29, 0.717) is 23.9 Å². The number of pyridine rings is 1. The minimum Gasteiger partial charge on any atom is -0.461 e. The second-order valence-corrected chi connectivity index (χ2v) is 10.0. The Balaban J connectivity index is 1.47. The average Bonchev–Trinajstić information content (AvgIpc) is 3.28. The number of nitrogens with one attached hydrogen (secondary N) is 2. The molecule has 3 aromatic heterocycles. The molecular formula is C26H34N6O4. The van der Waals surface area contributed by atoms with Crippen LogP contribution in [0.5, 0.6) is 0 Å². The normalized spacial score (nSPS) is 18.0. The molecule has 0 aliphatic heterocycles. The third-order valence-corrected chi connectivity index (χ3v) is 6.02. The highest BCUT2D eigenvalue weighted by molar-refractivity contribution is 5.89. The number of imidazole rings is 1. The van der Waals surface area contributed by atoms with Gasteiger partial charge in [-0.2, -0.15) is 0 Å². The van der Waals surface area contributed by atoms with E-state index in [0.717, 1.165) is 36.9 Å². The summed E-state index contributed by atoms with van der Waals surface area (Å²) in [6.07, 6.45) is 10.4. The number of fused-ring (bicyclic) bond motifs is 1. The molecule has 0 spiro atoms. The topological polar surface area (TPSA) is 120 Å². The van der Waals surface area contributed by atoms with E-state index in [-0.39, 0.29) is 24.4 Å². The van der Waals surface area contributed by atoms with E-state index in [2.05, 4.69) is 20.6 Å². The van der Waals surface area contributed by atoms with Gasteiger partial charge in [-0.25, -0.2) is 19.6 Å². The number of carbonyl (C=O) groups excluding carboxylic acids is 2. The third kappa shape index (κ3) is 6.50. The van der Waals surface area contributed by atoms with Crippen molar-refractivity contribution in [2.45, 2.75) is 65.0 Å². The van der Waals surface area contributed by atoms with Crippen LogP contribution in [0.1, 0.15) is 63.9 Å². The number of rotatable bonds is 7. The van der Waals surface area contributed by atoms with Gasteiger partial charge >= 0.3 is 12.1 Å². The van der Waals surface area contributed by atoms with Gasteiger partial charge in [0.25, 0.3) is 0 Å². The molecule has 0 aromatic carbocycles. The standard InChI is InChI=1S/C26H34N6O4/c1-5-35-24(33)21-16-32-15-20(18-10-12-27-13-11-18)30-22(23(32)31-21)29-19-8-6-17(7-9-19)14-28-25(34)36-26(2,3)4/h10-13,15-17,19H,5-9,14H2,1-4H3,(H,28,34)(H,29,30)/t17-,19-. The van der Waals surface area contributed by atoms with Crippen LogP contribution in [-0.2, 0) is 9.47 Å².